The van der Waals surface area contributed by atoms with E-state index in [1.807, 2.05) is 26.0 Å². The first-order valence-electron chi connectivity index (χ1n) is 7.85. The molecule has 22 heavy (non-hydrogen) atoms. The third-order valence-electron chi connectivity index (χ3n) is 3.28. The van der Waals surface area contributed by atoms with Gasteiger partial charge in [-0.2, -0.15) is 0 Å². The van der Waals surface area contributed by atoms with E-state index in [1.54, 1.807) is 12.1 Å². The van der Waals surface area contributed by atoms with Crippen LogP contribution in [0.5, 0.6) is 0 Å². The van der Waals surface area contributed by atoms with Crippen LogP contribution >= 0.6 is 0 Å². The molecule has 0 fully saturated rings. The van der Waals surface area contributed by atoms with Crippen molar-refractivity contribution in [3.8, 4) is 0 Å². The van der Waals surface area contributed by atoms with Crippen LogP contribution in [0, 0.1) is 0 Å². The Hall–Kier alpha value is -1.39. The minimum absolute atomic E-state index is 0.0644. The summed E-state index contributed by atoms with van der Waals surface area (Å²) in [5.74, 6) is -0.343. The quantitative estimate of drug-likeness (QED) is 0.689. The SMILES string of the molecule is CCOCC(COCC)OC(=O)c1ccc(C(C)(C)C)cc1. The predicted molar refractivity (Wildman–Crippen MR) is 87.3 cm³/mol. The molecule has 0 amide bonds. The normalized spacial score (nSPS) is 11.7. The van der Waals surface area contributed by atoms with Gasteiger partial charge in [0.05, 0.1) is 18.8 Å². The first-order valence-corrected chi connectivity index (χ1v) is 7.85. The number of ether oxygens (including phenoxy) is 3. The van der Waals surface area contributed by atoms with Crippen LogP contribution < -0.4 is 0 Å². The smallest absolute Gasteiger partial charge is 0.338 e. The molecule has 0 unspecified atom stereocenters. The fraction of sp³-hybridized carbons (Fsp3) is 0.611. The second-order valence-corrected chi connectivity index (χ2v) is 6.17. The summed E-state index contributed by atoms with van der Waals surface area (Å²) in [6.07, 6.45) is -0.380. The number of hydrogen-bond donors (Lipinski definition) is 0. The molecular weight excluding hydrogens is 280 g/mol. The van der Waals surface area contributed by atoms with Crippen molar-refractivity contribution in [2.45, 2.75) is 46.1 Å². The fourth-order valence-electron chi connectivity index (χ4n) is 1.94. The maximum atomic E-state index is 12.2. The lowest BCUT2D eigenvalue weighted by molar-refractivity contribution is -0.0363. The predicted octanol–water partition coefficient (Wildman–Crippen LogP) is 3.58. The largest absolute Gasteiger partial charge is 0.454 e. The lowest BCUT2D eigenvalue weighted by Gasteiger charge is -2.20. The molecule has 0 saturated carbocycles. The van der Waals surface area contributed by atoms with Crippen LogP contribution in [-0.4, -0.2) is 38.5 Å². The lowest BCUT2D eigenvalue weighted by Crippen LogP contribution is -2.28. The Kier molecular flexibility index (Phi) is 7.56. The molecule has 0 bridgehead atoms. The van der Waals surface area contributed by atoms with Crippen LogP contribution in [0.15, 0.2) is 24.3 Å². The van der Waals surface area contributed by atoms with Gasteiger partial charge in [0.15, 0.2) is 0 Å². The zero-order valence-electron chi connectivity index (χ0n) is 14.3. The molecule has 4 nitrogen and oxygen atoms in total. The van der Waals surface area contributed by atoms with Gasteiger partial charge in [0.25, 0.3) is 0 Å². The van der Waals surface area contributed by atoms with E-state index in [2.05, 4.69) is 20.8 Å². The average Bonchev–Trinajstić information content (AvgIpc) is 2.49. The van der Waals surface area contributed by atoms with Gasteiger partial charge in [0.2, 0.25) is 0 Å². The molecule has 0 aromatic heterocycles. The Bertz CT molecular complexity index is 437. The van der Waals surface area contributed by atoms with Gasteiger partial charge in [0.1, 0.15) is 6.10 Å². The molecule has 0 saturated heterocycles. The highest BCUT2D eigenvalue weighted by Gasteiger charge is 2.18. The van der Waals surface area contributed by atoms with Gasteiger partial charge < -0.3 is 14.2 Å². The second kappa shape index (κ2) is 8.91. The maximum Gasteiger partial charge on any atom is 0.338 e. The molecule has 1 rings (SSSR count). The first kappa shape index (κ1) is 18.7. The van der Waals surface area contributed by atoms with Crippen LogP contribution in [0.25, 0.3) is 0 Å². The van der Waals surface area contributed by atoms with Crippen molar-refractivity contribution in [3.05, 3.63) is 35.4 Å². The Morgan fingerprint density at radius 2 is 1.50 bits per heavy atom. The van der Waals surface area contributed by atoms with E-state index >= 15 is 0 Å². The average molecular weight is 308 g/mol. The number of rotatable bonds is 8. The minimum atomic E-state index is -0.380. The summed E-state index contributed by atoms with van der Waals surface area (Å²) in [7, 11) is 0. The molecule has 0 N–H and O–H groups in total. The van der Waals surface area contributed by atoms with Gasteiger partial charge in [-0.05, 0) is 37.0 Å². The Balaban J connectivity index is 2.68. The molecule has 0 radical (unpaired) electrons. The first-order chi connectivity index (χ1) is 10.4. The topological polar surface area (TPSA) is 44.8 Å². The summed E-state index contributed by atoms with van der Waals surface area (Å²) in [6.45, 7) is 12.1. The fourth-order valence-corrected chi connectivity index (χ4v) is 1.94. The molecule has 1 aromatic carbocycles. The van der Waals surface area contributed by atoms with Crippen molar-refractivity contribution < 1.29 is 19.0 Å². The van der Waals surface area contributed by atoms with E-state index in [-0.39, 0.29) is 17.5 Å². The molecule has 0 heterocycles. The molecule has 4 heteroatoms. The maximum absolute atomic E-state index is 12.2. The Labute approximate surface area is 133 Å². The Morgan fingerprint density at radius 3 is 1.91 bits per heavy atom. The van der Waals surface area contributed by atoms with Gasteiger partial charge in [-0.1, -0.05) is 32.9 Å². The van der Waals surface area contributed by atoms with Crippen molar-refractivity contribution in [3.63, 3.8) is 0 Å². The van der Waals surface area contributed by atoms with Crippen molar-refractivity contribution in [1.29, 1.82) is 0 Å². The molecule has 0 aliphatic carbocycles. The Morgan fingerprint density at radius 1 is 1.00 bits per heavy atom. The zero-order valence-corrected chi connectivity index (χ0v) is 14.3. The van der Waals surface area contributed by atoms with Gasteiger partial charge in [-0.3, -0.25) is 0 Å². The molecule has 0 atom stereocenters. The summed E-state index contributed by atoms with van der Waals surface area (Å²) < 4.78 is 16.1. The van der Waals surface area contributed by atoms with E-state index in [9.17, 15) is 4.79 Å². The summed E-state index contributed by atoms with van der Waals surface area (Å²) >= 11 is 0. The highest BCUT2D eigenvalue weighted by atomic mass is 16.6. The molecule has 0 aliphatic heterocycles. The number of hydrogen-bond acceptors (Lipinski definition) is 4. The number of benzene rings is 1. The third kappa shape index (κ3) is 6.16. The zero-order chi connectivity index (χ0) is 16.6. The standard InChI is InChI=1S/C18H28O4/c1-6-20-12-16(13-21-7-2)22-17(19)14-8-10-15(11-9-14)18(3,4)5/h8-11,16H,6-7,12-13H2,1-5H3. The highest BCUT2D eigenvalue weighted by Crippen LogP contribution is 2.22. The van der Waals surface area contributed by atoms with Crippen molar-refractivity contribution in [2.75, 3.05) is 26.4 Å². The molecule has 0 aliphatic rings. The van der Waals surface area contributed by atoms with Gasteiger partial charge in [-0.15, -0.1) is 0 Å². The minimum Gasteiger partial charge on any atom is -0.454 e. The van der Waals surface area contributed by atoms with Crippen molar-refractivity contribution in [2.24, 2.45) is 0 Å². The van der Waals surface area contributed by atoms with Crippen LogP contribution in [0.4, 0.5) is 0 Å². The van der Waals surface area contributed by atoms with E-state index in [1.165, 1.54) is 5.56 Å². The van der Waals surface area contributed by atoms with E-state index < -0.39 is 0 Å². The highest BCUT2D eigenvalue weighted by molar-refractivity contribution is 5.89. The van der Waals surface area contributed by atoms with Crippen molar-refractivity contribution >= 4 is 5.97 Å². The molecule has 1 aromatic rings. The van der Waals surface area contributed by atoms with E-state index in [0.29, 0.717) is 32.0 Å². The van der Waals surface area contributed by atoms with Crippen molar-refractivity contribution in [1.82, 2.24) is 0 Å². The van der Waals surface area contributed by atoms with Gasteiger partial charge >= 0.3 is 5.97 Å². The molecule has 124 valence electrons. The van der Waals surface area contributed by atoms with Crippen LogP contribution in [-0.2, 0) is 19.6 Å². The van der Waals surface area contributed by atoms with E-state index in [4.69, 9.17) is 14.2 Å². The van der Waals surface area contributed by atoms with Crippen LogP contribution in [0.1, 0.15) is 50.5 Å². The van der Waals surface area contributed by atoms with Gasteiger partial charge in [0, 0.05) is 13.2 Å². The number of carbonyl (C=O) groups is 1. The second-order valence-electron chi connectivity index (χ2n) is 6.17. The van der Waals surface area contributed by atoms with Crippen LogP contribution in [0.2, 0.25) is 0 Å². The number of esters is 1. The molecule has 0 spiro atoms. The third-order valence-corrected chi connectivity index (χ3v) is 3.28. The monoisotopic (exact) mass is 308 g/mol. The van der Waals surface area contributed by atoms with Crippen LogP contribution in [0.3, 0.4) is 0 Å². The van der Waals surface area contributed by atoms with Gasteiger partial charge in [-0.25, -0.2) is 4.79 Å². The van der Waals surface area contributed by atoms with E-state index in [0.717, 1.165) is 0 Å². The molecular formula is C18H28O4. The summed E-state index contributed by atoms with van der Waals surface area (Å²) in [4.78, 5) is 12.2. The summed E-state index contributed by atoms with van der Waals surface area (Å²) in [6, 6.07) is 7.55. The summed E-state index contributed by atoms with van der Waals surface area (Å²) in [5, 5.41) is 0. The summed E-state index contributed by atoms with van der Waals surface area (Å²) in [5.41, 5.74) is 1.80. The lowest BCUT2D eigenvalue weighted by atomic mass is 9.87. The number of carbonyl (C=O) groups excluding carboxylic acids is 1.